The van der Waals surface area contributed by atoms with Gasteiger partial charge in [-0.1, -0.05) is 6.92 Å². The molecule has 0 aromatic carbocycles. The smallest absolute Gasteiger partial charge is 0.128 e. The van der Waals surface area contributed by atoms with Gasteiger partial charge in [-0.15, -0.1) is 0 Å². The van der Waals surface area contributed by atoms with Crippen LogP contribution in [0.2, 0.25) is 0 Å². The Balaban J connectivity index is 1.96. The molecule has 1 aromatic rings. The van der Waals surface area contributed by atoms with Crippen LogP contribution >= 0.6 is 15.9 Å². The predicted molar refractivity (Wildman–Crippen MR) is 88.2 cm³/mol. The summed E-state index contributed by atoms with van der Waals surface area (Å²) in [7, 11) is 0. The zero-order valence-corrected chi connectivity index (χ0v) is 14.1. The topological polar surface area (TPSA) is 45.4 Å². The van der Waals surface area contributed by atoms with Crippen LogP contribution in [0.5, 0.6) is 0 Å². The van der Waals surface area contributed by atoms with Gasteiger partial charge >= 0.3 is 0 Å². The summed E-state index contributed by atoms with van der Waals surface area (Å²) >= 11 is 3.51. The minimum absolute atomic E-state index is 0.578. The SMILES string of the molecule is Cc1cc(N2CCCN(CC(C)CN)CC2)ncc1Br. The summed E-state index contributed by atoms with van der Waals surface area (Å²) in [6, 6.07) is 2.17. The molecule has 1 fully saturated rings. The number of hydrogen-bond donors (Lipinski definition) is 1. The first-order chi connectivity index (χ1) is 9.60. The molecule has 0 amide bonds. The maximum atomic E-state index is 5.73. The highest BCUT2D eigenvalue weighted by Gasteiger charge is 2.17. The quantitative estimate of drug-likeness (QED) is 0.913. The molecule has 1 aromatic heterocycles. The summed E-state index contributed by atoms with van der Waals surface area (Å²) in [6.45, 7) is 10.6. The molecular weight excluding hydrogens is 316 g/mol. The van der Waals surface area contributed by atoms with Crippen molar-refractivity contribution in [3.05, 3.63) is 22.3 Å². The van der Waals surface area contributed by atoms with Gasteiger partial charge in [-0.3, -0.25) is 0 Å². The summed E-state index contributed by atoms with van der Waals surface area (Å²) in [5.41, 5.74) is 6.97. The van der Waals surface area contributed by atoms with Gasteiger partial charge < -0.3 is 15.5 Å². The highest BCUT2D eigenvalue weighted by atomic mass is 79.9. The molecule has 20 heavy (non-hydrogen) atoms. The summed E-state index contributed by atoms with van der Waals surface area (Å²) < 4.78 is 1.08. The molecule has 2 N–H and O–H groups in total. The van der Waals surface area contributed by atoms with Gasteiger partial charge in [0.05, 0.1) is 0 Å². The maximum Gasteiger partial charge on any atom is 0.128 e. The van der Waals surface area contributed by atoms with Crippen LogP contribution in [0.25, 0.3) is 0 Å². The van der Waals surface area contributed by atoms with E-state index >= 15 is 0 Å². The third kappa shape index (κ3) is 4.17. The molecule has 1 atom stereocenters. The summed E-state index contributed by atoms with van der Waals surface area (Å²) in [5, 5.41) is 0. The molecular formula is C15H25BrN4. The fraction of sp³-hybridized carbons (Fsp3) is 0.667. The van der Waals surface area contributed by atoms with Gasteiger partial charge in [-0.05, 0) is 59.9 Å². The summed E-state index contributed by atoms with van der Waals surface area (Å²) in [5.74, 6) is 1.68. The number of pyridine rings is 1. The molecule has 1 aliphatic rings. The van der Waals surface area contributed by atoms with E-state index in [1.165, 1.54) is 12.0 Å². The number of aryl methyl sites for hydroxylation is 1. The first kappa shape index (κ1) is 15.7. The highest BCUT2D eigenvalue weighted by Crippen LogP contribution is 2.21. The van der Waals surface area contributed by atoms with Crippen molar-refractivity contribution in [3.8, 4) is 0 Å². The number of hydrogen-bond acceptors (Lipinski definition) is 4. The van der Waals surface area contributed by atoms with E-state index in [1.807, 2.05) is 6.20 Å². The molecule has 2 rings (SSSR count). The number of anilines is 1. The van der Waals surface area contributed by atoms with Gasteiger partial charge in [-0.25, -0.2) is 4.98 Å². The molecule has 1 saturated heterocycles. The molecule has 0 saturated carbocycles. The Morgan fingerprint density at radius 2 is 2.15 bits per heavy atom. The molecule has 112 valence electrons. The van der Waals surface area contributed by atoms with Crippen LogP contribution in [0, 0.1) is 12.8 Å². The van der Waals surface area contributed by atoms with E-state index in [0.717, 1.165) is 49.6 Å². The lowest BCUT2D eigenvalue weighted by molar-refractivity contribution is 0.255. The van der Waals surface area contributed by atoms with Crippen LogP contribution < -0.4 is 10.6 Å². The van der Waals surface area contributed by atoms with E-state index in [-0.39, 0.29) is 0 Å². The van der Waals surface area contributed by atoms with Crippen LogP contribution in [0.3, 0.4) is 0 Å². The lowest BCUT2D eigenvalue weighted by Gasteiger charge is -2.24. The van der Waals surface area contributed by atoms with Crippen molar-refractivity contribution < 1.29 is 0 Å². The largest absolute Gasteiger partial charge is 0.355 e. The second-order valence-electron chi connectivity index (χ2n) is 5.77. The van der Waals surface area contributed by atoms with Gasteiger partial charge in [-0.2, -0.15) is 0 Å². The fourth-order valence-corrected chi connectivity index (χ4v) is 2.81. The molecule has 0 aliphatic carbocycles. The number of rotatable bonds is 4. The van der Waals surface area contributed by atoms with E-state index < -0.39 is 0 Å². The van der Waals surface area contributed by atoms with Gasteiger partial charge in [0.2, 0.25) is 0 Å². The minimum atomic E-state index is 0.578. The second-order valence-corrected chi connectivity index (χ2v) is 6.63. The molecule has 0 spiro atoms. The number of aromatic nitrogens is 1. The van der Waals surface area contributed by atoms with Gasteiger partial charge in [0.15, 0.2) is 0 Å². The zero-order valence-electron chi connectivity index (χ0n) is 12.5. The van der Waals surface area contributed by atoms with E-state index in [1.54, 1.807) is 0 Å². The van der Waals surface area contributed by atoms with Gasteiger partial charge in [0, 0.05) is 36.8 Å². The highest BCUT2D eigenvalue weighted by molar-refractivity contribution is 9.10. The Morgan fingerprint density at radius 1 is 1.35 bits per heavy atom. The Morgan fingerprint density at radius 3 is 2.85 bits per heavy atom. The summed E-state index contributed by atoms with van der Waals surface area (Å²) in [4.78, 5) is 9.47. The third-order valence-electron chi connectivity index (χ3n) is 3.92. The Labute approximate surface area is 130 Å². The molecule has 1 unspecified atom stereocenters. The van der Waals surface area contributed by atoms with Crippen molar-refractivity contribution in [2.24, 2.45) is 11.7 Å². The van der Waals surface area contributed by atoms with Crippen molar-refractivity contribution in [2.75, 3.05) is 44.2 Å². The minimum Gasteiger partial charge on any atom is -0.355 e. The maximum absolute atomic E-state index is 5.73. The third-order valence-corrected chi connectivity index (χ3v) is 4.75. The molecule has 4 nitrogen and oxygen atoms in total. The first-order valence-electron chi connectivity index (χ1n) is 7.39. The Bertz CT molecular complexity index is 438. The van der Waals surface area contributed by atoms with Crippen LogP contribution in [0.15, 0.2) is 16.7 Å². The molecule has 1 aliphatic heterocycles. The van der Waals surface area contributed by atoms with Crippen molar-refractivity contribution in [1.82, 2.24) is 9.88 Å². The van der Waals surface area contributed by atoms with Crippen LogP contribution in [-0.2, 0) is 0 Å². The zero-order chi connectivity index (χ0) is 14.5. The normalized spacial score (nSPS) is 18.9. The molecule has 0 radical (unpaired) electrons. The Kier molecular flexibility index (Phi) is 5.81. The molecule has 5 heteroatoms. The van der Waals surface area contributed by atoms with E-state index in [2.05, 4.69) is 50.6 Å². The van der Waals surface area contributed by atoms with Crippen LogP contribution in [0.4, 0.5) is 5.82 Å². The van der Waals surface area contributed by atoms with Crippen molar-refractivity contribution >= 4 is 21.7 Å². The van der Waals surface area contributed by atoms with Gasteiger partial charge in [0.25, 0.3) is 0 Å². The summed E-state index contributed by atoms with van der Waals surface area (Å²) in [6.07, 6.45) is 3.10. The van der Waals surface area contributed by atoms with Crippen molar-refractivity contribution in [1.29, 1.82) is 0 Å². The lowest BCUT2D eigenvalue weighted by atomic mass is 10.1. The average Bonchev–Trinajstić information content (AvgIpc) is 2.67. The standard InChI is InChI=1S/C15H25BrN4/c1-12(9-17)11-19-4-3-5-20(7-6-19)15-8-13(2)14(16)10-18-15/h8,10,12H,3-7,9,11,17H2,1-2H3. The second kappa shape index (κ2) is 7.38. The first-order valence-corrected chi connectivity index (χ1v) is 8.19. The Hall–Kier alpha value is -0.650. The van der Waals surface area contributed by atoms with Crippen molar-refractivity contribution in [2.45, 2.75) is 20.3 Å². The number of nitrogens with two attached hydrogens (primary N) is 1. The predicted octanol–water partition coefficient (Wildman–Crippen LogP) is 2.26. The van der Waals surface area contributed by atoms with Crippen LogP contribution in [0.1, 0.15) is 18.9 Å². The van der Waals surface area contributed by atoms with Crippen LogP contribution in [-0.4, -0.2) is 49.2 Å². The van der Waals surface area contributed by atoms with Crippen molar-refractivity contribution in [3.63, 3.8) is 0 Å². The average molecular weight is 341 g/mol. The monoisotopic (exact) mass is 340 g/mol. The number of nitrogens with zero attached hydrogens (tertiary/aromatic N) is 3. The molecule has 2 heterocycles. The van der Waals surface area contributed by atoms with E-state index in [9.17, 15) is 0 Å². The molecule has 0 bridgehead atoms. The lowest BCUT2D eigenvalue weighted by Crippen LogP contribution is -2.35. The van der Waals surface area contributed by atoms with Gasteiger partial charge in [0.1, 0.15) is 5.82 Å². The number of halogens is 1. The van der Waals surface area contributed by atoms with E-state index in [0.29, 0.717) is 5.92 Å². The fourth-order valence-electron chi connectivity index (χ4n) is 2.60. The van der Waals surface area contributed by atoms with E-state index in [4.69, 9.17) is 5.73 Å².